The van der Waals surface area contributed by atoms with E-state index in [1.165, 1.54) is 47.7 Å². The minimum atomic E-state index is -0.446. The van der Waals surface area contributed by atoms with E-state index in [4.69, 9.17) is 4.65 Å². The van der Waals surface area contributed by atoms with E-state index in [-0.39, 0.29) is 31.9 Å². The smallest absolute Gasteiger partial charge is 1.00 e. The SMILES string of the molecule is [C-]#[O+].[Cl-].[Ru+].c1ccc(P(c2ccccc2)c2ccccc2)cc1.c1ccc(P(c2ccccc2)c2ccccc2)cc1.c1ccc(P(c2ccccc2)c2ccccc2)cc1. The maximum Gasteiger partial charge on any atom is 1.00 e. The molecule has 0 aliphatic carbocycles. The summed E-state index contributed by atoms with van der Waals surface area (Å²) in [6, 6.07) is 97.0. The van der Waals surface area contributed by atoms with Crippen LogP contribution >= 0.6 is 23.8 Å². The average Bonchev–Trinajstić information content (AvgIpc) is 3.34. The summed E-state index contributed by atoms with van der Waals surface area (Å²) in [7, 11) is -1.34. The molecule has 0 amide bonds. The van der Waals surface area contributed by atoms with Crippen LogP contribution in [0, 0.1) is 6.65 Å². The van der Waals surface area contributed by atoms with Gasteiger partial charge in [0.2, 0.25) is 0 Å². The number of halogens is 1. The zero-order valence-corrected chi connectivity index (χ0v) is 38.6. The molecule has 0 aliphatic heterocycles. The topological polar surface area (TPSA) is 19.9 Å². The van der Waals surface area contributed by atoms with Crippen LogP contribution in [-0.2, 0) is 24.1 Å². The molecule has 0 aliphatic rings. The molecular formula is C55H45ClOP3Ru. The molecule has 0 saturated carbocycles. The van der Waals surface area contributed by atoms with Crippen LogP contribution < -0.4 is 60.1 Å². The molecule has 9 aromatic carbocycles. The molecule has 301 valence electrons. The molecule has 0 saturated heterocycles. The van der Waals surface area contributed by atoms with E-state index in [1.54, 1.807) is 0 Å². The Labute approximate surface area is 385 Å². The van der Waals surface area contributed by atoms with Crippen LogP contribution in [0.5, 0.6) is 0 Å². The second kappa shape index (κ2) is 27.7. The molecule has 0 atom stereocenters. The van der Waals surface area contributed by atoms with Gasteiger partial charge in [-0.3, -0.25) is 0 Å². The van der Waals surface area contributed by atoms with Crippen molar-refractivity contribution in [1.82, 2.24) is 0 Å². The summed E-state index contributed by atoms with van der Waals surface area (Å²) in [5.41, 5.74) is 0. The molecular weight excluding hydrogens is 906 g/mol. The van der Waals surface area contributed by atoms with Gasteiger partial charge in [0.25, 0.3) is 0 Å². The summed E-state index contributed by atoms with van der Waals surface area (Å²) in [4.78, 5) is 0. The van der Waals surface area contributed by atoms with Crippen molar-refractivity contribution in [3.05, 3.63) is 280 Å². The van der Waals surface area contributed by atoms with E-state index in [0.717, 1.165) is 0 Å². The Morgan fingerprint density at radius 3 is 0.361 bits per heavy atom. The van der Waals surface area contributed by atoms with E-state index in [1.807, 2.05) is 0 Å². The second-order valence-corrected chi connectivity index (χ2v) is 19.7. The molecule has 6 heteroatoms. The Morgan fingerprint density at radius 2 is 0.279 bits per heavy atom. The number of benzene rings is 9. The van der Waals surface area contributed by atoms with Crippen molar-refractivity contribution >= 4 is 71.5 Å². The monoisotopic (exact) mass is 951 g/mol. The van der Waals surface area contributed by atoms with E-state index in [2.05, 4.69) is 280 Å². The zero-order chi connectivity index (χ0) is 40.7. The maximum atomic E-state index is 7.50. The molecule has 0 aromatic heterocycles. The minimum absolute atomic E-state index is 0. The number of hydrogen-bond acceptors (Lipinski definition) is 0. The molecule has 0 spiro atoms. The van der Waals surface area contributed by atoms with Crippen molar-refractivity contribution in [2.45, 2.75) is 0 Å². The molecule has 0 unspecified atom stereocenters. The normalized spacial score (nSPS) is 9.92. The van der Waals surface area contributed by atoms with Crippen molar-refractivity contribution in [3.63, 3.8) is 0 Å². The molecule has 0 fully saturated rings. The van der Waals surface area contributed by atoms with Gasteiger partial charge >= 0.3 is 30.8 Å². The summed E-state index contributed by atoms with van der Waals surface area (Å²) in [6.45, 7) is 4.50. The first-order valence-electron chi connectivity index (χ1n) is 19.4. The van der Waals surface area contributed by atoms with E-state index < -0.39 is 23.8 Å². The number of rotatable bonds is 9. The van der Waals surface area contributed by atoms with Crippen LogP contribution in [0.25, 0.3) is 0 Å². The first-order valence-corrected chi connectivity index (χ1v) is 23.4. The van der Waals surface area contributed by atoms with Crippen LogP contribution in [0.15, 0.2) is 273 Å². The van der Waals surface area contributed by atoms with Gasteiger partial charge in [-0.2, -0.15) is 0 Å². The first-order chi connectivity index (χ1) is 29.3. The zero-order valence-electron chi connectivity index (χ0n) is 33.5. The molecule has 0 bridgehead atoms. The molecule has 9 aromatic rings. The average molecular weight is 951 g/mol. The second-order valence-electron chi connectivity index (χ2n) is 13.0. The maximum absolute atomic E-state index is 7.50. The summed E-state index contributed by atoms with van der Waals surface area (Å²) < 4.78 is 7.50. The van der Waals surface area contributed by atoms with Gasteiger partial charge in [-0.15, -0.1) is 0 Å². The van der Waals surface area contributed by atoms with Gasteiger partial charge in [0.05, 0.1) is 0 Å². The van der Waals surface area contributed by atoms with Crippen LogP contribution in [0.3, 0.4) is 0 Å². The quantitative estimate of drug-likeness (QED) is 0.0628. The van der Waals surface area contributed by atoms with E-state index >= 15 is 0 Å². The van der Waals surface area contributed by atoms with Gasteiger partial charge in [-0.05, 0) is 71.5 Å². The summed E-state index contributed by atoms with van der Waals surface area (Å²) in [5, 5.41) is 12.6. The minimum Gasteiger partial charge on any atom is -1.00 e. The Morgan fingerprint density at radius 1 is 0.197 bits per heavy atom. The van der Waals surface area contributed by atoms with Crippen molar-refractivity contribution in [1.29, 1.82) is 0 Å². The van der Waals surface area contributed by atoms with Crippen molar-refractivity contribution in [3.8, 4) is 0 Å². The fourth-order valence-electron chi connectivity index (χ4n) is 6.54. The summed E-state index contributed by atoms with van der Waals surface area (Å²) in [5.74, 6) is 0. The van der Waals surface area contributed by atoms with Crippen LogP contribution in [-0.4, -0.2) is 0 Å². The van der Waals surface area contributed by atoms with Gasteiger partial charge in [0.15, 0.2) is 0 Å². The summed E-state index contributed by atoms with van der Waals surface area (Å²) >= 11 is 0. The number of hydrogen-bond donors (Lipinski definition) is 0. The van der Waals surface area contributed by atoms with Gasteiger partial charge in [-0.25, -0.2) is 0 Å². The van der Waals surface area contributed by atoms with Crippen molar-refractivity contribution < 1.29 is 36.5 Å². The standard InChI is InChI=1S/3C18H15P.CO.ClH.Ru/c3*1-4-10-16(11-5-1)19(17-12-6-2-7-13-17)18-14-8-3-9-15-18;1-2;;/h3*1-15H;;1H;/q;;;;;+1/p-1. The Kier molecular flexibility index (Phi) is 22.1. The predicted molar refractivity (Wildman–Crippen MR) is 259 cm³/mol. The third-order valence-corrected chi connectivity index (χ3v) is 16.5. The van der Waals surface area contributed by atoms with Crippen LogP contribution in [0.2, 0.25) is 0 Å². The van der Waals surface area contributed by atoms with E-state index in [9.17, 15) is 0 Å². The van der Waals surface area contributed by atoms with Crippen LogP contribution in [0.4, 0.5) is 0 Å². The molecule has 1 radical (unpaired) electrons. The third-order valence-electron chi connectivity index (χ3n) is 9.13. The Hall–Kier alpha value is -5.08. The molecule has 0 heterocycles. The third kappa shape index (κ3) is 14.5. The largest absolute Gasteiger partial charge is 1.00 e. The van der Waals surface area contributed by atoms with Crippen molar-refractivity contribution in [2.75, 3.05) is 0 Å². The molecule has 1 nitrogen and oxygen atoms in total. The molecule has 9 rings (SSSR count). The van der Waals surface area contributed by atoms with Crippen molar-refractivity contribution in [2.24, 2.45) is 0 Å². The molecule has 61 heavy (non-hydrogen) atoms. The molecule has 0 N–H and O–H groups in total. The van der Waals surface area contributed by atoms with Crippen LogP contribution in [0.1, 0.15) is 0 Å². The Balaban J connectivity index is 0.000000194. The van der Waals surface area contributed by atoms with Gasteiger partial charge in [-0.1, -0.05) is 273 Å². The predicted octanol–water partition coefficient (Wildman–Crippen LogP) is 7.30. The van der Waals surface area contributed by atoms with Gasteiger partial charge in [0, 0.05) is 0 Å². The van der Waals surface area contributed by atoms with E-state index in [0.29, 0.717) is 0 Å². The Bertz CT molecular complexity index is 1920. The first kappa shape index (κ1) is 48.6. The fraction of sp³-hybridized carbons (Fsp3) is 0. The van der Waals surface area contributed by atoms with Gasteiger partial charge in [0.1, 0.15) is 0 Å². The fourth-order valence-corrected chi connectivity index (χ4v) is 13.5. The van der Waals surface area contributed by atoms with Gasteiger partial charge < -0.3 is 12.4 Å². The summed E-state index contributed by atoms with van der Waals surface area (Å²) in [6.07, 6.45) is 0.